The quantitative estimate of drug-likeness (QED) is 0.842. The first-order valence-corrected chi connectivity index (χ1v) is 6.38. The maximum Gasteiger partial charge on any atom is 0.345 e. The number of aryl methyl sites for hydroxylation is 2. The Kier molecular flexibility index (Phi) is 3.26. The van der Waals surface area contributed by atoms with Crippen molar-refractivity contribution in [3.05, 3.63) is 22.7 Å². The normalized spacial score (nSPS) is 10.8. The Balaban J connectivity index is 2.59. The molecule has 0 bridgehead atoms. The molecule has 0 unspecified atom stereocenters. The molecule has 0 saturated heterocycles. The smallest absolute Gasteiger partial charge is 0.345 e. The van der Waals surface area contributed by atoms with Gasteiger partial charge in [-0.1, -0.05) is 6.92 Å². The van der Waals surface area contributed by atoms with E-state index in [9.17, 15) is 4.79 Å². The van der Waals surface area contributed by atoms with Crippen molar-refractivity contribution < 1.29 is 9.90 Å². The van der Waals surface area contributed by atoms with Crippen LogP contribution in [0.4, 0.5) is 0 Å². The zero-order valence-electron chi connectivity index (χ0n) is 9.47. The molecule has 0 aromatic carbocycles. The third-order valence-electron chi connectivity index (χ3n) is 2.57. The number of hydrogen-bond donors (Lipinski definition) is 2. The highest BCUT2D eigenvalue weighted by Crippen LogP contribution is 2.35. The molecule has 90 valence electrons. The van der Waals surface area contributed by atoms with Gasteiger partial charge >= 0.3 is 5.97 Å². The van der Waals surface area contributed by atoms with Gasteiger partial charge < -0.3 is 5.11 Å². The molecule has 2 aromatic rings. The van der Waals surface area contributed by atoms with Gasteiger partial charge in [0.1, 0.15) is 4.88 Å². The summed E-state index contributed by atoms with van der Waals surface area (Å²) >= 11 is 5.52. The zero-order valence-corrected chi connectivity index (χ0v) is 11.2. The molecule has 0 aliphatic heterocycles. The van der Waals surface area contributed by atoms with Crippen molar-refractivity contribution >= 4 is 29.9 Å². The van der Waals surface area contributed by atoms with Crippen LogP contribution in [0.5, 0.6) is 0 Å². The van der Waals surface area contributed by atoms with Crippen LogP contribution in [-0.4, -0.2) is 20.9 Å². The van der Waals surface area contributed by atoms with Gasteiger partial charge in [0.05, 0.1) is 16.1 Å². The molecule has 2 heterocycles. The lowest BCUT2D eigenvalue weighted by Crippen LogP contribution is -1.95. The minimum atomic E-state index is -0.920. The lowest BCUT2D eigenvalue weighted by molar-refractivity contribution is 0.0702. The van der Waals surface area contributed by atoms with Crippen molar-refractivity contribution in [3.63, 3.8) is 0 Å². The highest BCUT2D eigenvalue weighted by Gasteiger charge is 2.17. The molecule has 0 saturated carbocycles. The first-order valence-electron chi connectivity index (χ1n) is 5.12. The van der Waals surface area contributed by atoms with E-state index in [4.69, 9.17) is 5.11 Å². The molecule has 0 aliphatic rings. The molecule has 0 fully saturated rings. The average molecular weight is 268 g/mol. The number of aromatic carboxylic acids is 1. The van der Waals surface area contributed by atoms with Crippen molar-refractivity contribution in [1.29, 1.82) is 0 Å². The SMILES string of the molecule is CCc1cnn(C)c1-c1cc(C(=O)O)sc1S. The van der Waals surface area contributed by atoms with Crippen molar-refractivity contribution in [2.24, 2.45) is 7.05 Å². The van der Waals surface area contributed by atoms with E-state index in [1.807, 2.05) is 14.0 Å². The monoisotopic (exact) mass is 268 g/mol. The summed E-state index contributed by atoms with van der Waals surface area (Å²) in [6.07, 6.45) is 2.66. The maximum absolute atomic E-state index is 10.9. The Hall–Kier alpha value is -1.27. The van der Waals surface area contributed by atoms with E-state index in [-0.39, 0.29) is 0 Å². The van der Waals surface area contributed by atoms with Gasteiger partial charge in [-0.3, -0.25) is 4.68 Å². The van der Waals surface area contributed by atoms with E-state index in [0.717, 1.165) is 23.2 Å². The molecule has 2 aromatic heterocycles. The summed E-state index contributed by atoms with van der Waals surface area (Å²) in [6, 6.07) is 1.66. The molecular formula is C11H12N2O2S2. The van der Waals surface area contributed by atoms with E-state index >= 15 is 0 Å². The molecule has 17 heavy (non-hydrogen) atoms. The Morgan fingerprint density at radius 1 is 1.65 bits per heavy atom. The lowest BCUT2D eigenvalue weighted by Gasteiger charge is -2.03. The van der Waals surface area contributed by atoms with Crippen LogP contribution in [0.25, 0.3) is 11.3 Å². The van der Waals surface area contributed by atoms with Gasteiger partial charge in [-0.2, -0.15) is 5.10 Å². The Bertz CT molecular complexity index is 572. The highest BCUT2D eigenvalue weighted by molar-refractivity contribution is 7.83. The van der Waals surface area contributed by atoms with Gasteiger partial charge in [-0.25, -0.2) is 4.79 Å². The lowest BCUT2D eigenvalue weighted by atomic mass is 10.1. The van der Waals surface area contributed by atoms with Crippen molar-refractivity contribution in [1.82, 2.24) is 9.78 Å². The van der Waals surface area contributed by atoms with E-state index in [0.29, 0.717) is 9.09 Å². The molecule has 0 aliphatic carbocycles. The van der Waals surface area contributed by atoms with Gasteiger partial charge in [0, 0.05) is 12.6 Å². The number of aromatic nitrogens is 2. The molecule has 0 amide bonds. The van der Waals surface area contributed by atoms with Gasteiger partial charge in [0.2, 0.25) is 0 Å². The van der Waals surface area contributed by atoms with Crippen LogP contribution >= 0.6 is 24.0 Å². The molecule has 6 heteroatoms. The number of carboxylic acid groups (broad SMARTS) is 1. The van der Waals surface area contributed by atoms with Crippen LogP contribution in [0.2, 0.25) is 0 Å². The van der Waals surface area contributed by atoms with Crippen LogP contribution < -0.4 is 0 Å². The summed E-state index contributed by atoms with van der Waals surface area (Å²) in [5, 5.41) is 13.2. The summed E-state index contributed by atoms with van der Waals surface area (Å²) in [7, 11) is 1.85. The topological polar surface area (TPSA) is 55.1 Å². The summed E-state index contributed by atoms with van der Waals surface area (Å²) in [5.74, 6) is -0.920. The van der Waals surface area contributed by atoms with Crippen LogP contribution in [-0.2, 0) is 13.5 Å². The van der Waals surface area contributed by atoms with E-state index in [2.05, 4.69) is 17.7 Å². The number of hydrogen-bond acceptors (Lipinski definition) is 4. The number of nitrogens with zero attached hydrogens (tertiary/aromatic N) is 2. The number of carbonyl (C=O) groups is 1. The van der Waals surface area contributed by atoms with Crippen molar-refractivity contribution in [2.45, 2.75) is 17.6 Å². The van der Waals surface area contributed by atoms with Crippen molar-refractivity contribution in [2.75, 3.05) is 0 Å². The first-order chi connectivity index (χ1) is 8.04. The molecule has 0 atom stereocenters. The van der Waals surface area contributed by atoms with Gasteiger partial charge in [0.25, 0.3) is 0 Å². The summed E-state index contributed by atoms with van der Waals surface area (Å²) in [5.41, 5.74) is 2.88. The summed E-state index contributed by atoms with van der Waals surface area (Å²) in [6.45, 7) is 2.04. The van der Waals surface area contributed by atoms with Crippen LogP contribution in [0.1, 0.15) is 22.2 Å². The first kappa shape index (κ1) is 12.2. The second-order valence-corrected chi connectivity index (χ2v) is 5.43. The molecular weight excluding hydrogens is 256 g/mol. The average Bonchev–Trinajstić information content (AvgIpc) is 2.81. The summed E-state index contributed by atoms with van der Waals surface area (Å²) < 4.78 is 2.47. The minimum absolute atomic E-state index is 0.299. The Morgan fingerprint density at radius 2 is 2.35 bits per heavy atom. The number of thiophene rings is 1. The third-order valence-corrected chi connectivity index (χ3v) is 4.01. The van der Waals surface area contributed by atoms with Crippen LogP contribution in [0.15, 0.2) is 16.5 Å². The predicted octanol–water partition coefficient (Wildman–Crippen LogP) is 2.70. The highest BCUT2D eigenvalue weighted by atomic mass is 32.2. The standard InChI is InChI=1S/C11H12N2O2S2/c1-3-6-5-12-13(2)9(6)7-4-8(10(14)15)17-11(7)16/h4-5,16H,3H2,1-2H3,(H,14,15). The van der Waals surface area contributed by atoms with Gasteiger partial charge in [-0.15, -0.1) is 24.0 Å². The predicted molar refractivity (Wildman–Crippen MR) is 70.1 cm³/mol. The maximum atomic E-state index is 10.9. The summed E-state index contributed by atoms with van der Waals surface area (Å²) in [4.78, 5) is 11.2. The van der Waals surface area contributed by atoms with E-state index < -0.39 is 5.97 Å². The van der Waals surface area contributed by atoms with Crippen LogP contribution in [0, 0.1) is 0 Å². The molecule has 2 rings (SSSR count). The molecule has 4 nitrogen and oxygen atoms in total. The molecule has 1 N–H and O–H groups in total. The van der Waals surface area contributed by atoms with E-state index in [1.54, 1.807) is 16.9 Å². The second kappa shape index (κ2) is 4.54. The number of thiol groups is 1. The molecule has 0 radical (unpaired) electrons. The largest absolute Gasteiger partial charge is 0.477 e. The van der Waals surface area contributed by atoms with Crippen molar-refractivity contribution in [3.8, 4) is 11.3 Å². The Morgan fingerprint density at radius 3 is 2.88 bits per heavy atom. The number of carboxylic acids is 1. The fraction of sp³-hybridized carbons (Fsp3) is 0.273. The Labute approximate surface area is 108 Å². The zero-order chi connectivity index (χ0) is 12.6. The fourth-order valence-corrected chi connectivity index (χ4v) is 2.95. The third kappa shape index (κ3) is 2.10. The second-order valence-electron chi connectivity index (χ2n) is 3.63. The van der Waals surface area contributed by atoms with E-state index in [1.165, 1.54) is 11.3 Å². The van der Waals surface area contributed by atoms with Crippen LogP contribution in [0.3, 0.4) is 0 Å². The fourth-order valence-electron chi connectivity index (χ4n) is 1.75. The van der Waals surface area contributed by atoms with Gasteiger partial charge in [-0.05, 0) is 18.1 Å². The molecule has 0 spiro atoms. The number of rotatable bonds is 3. The van der Waals surface area contributed by atoms with Gasteiger partial charge in [0.15, 0.2) is 0 Å². The minimum Gasteiger partial charge on any atom is -0.477 e.